The van der Waals surface area contributed by atoms with Crippen LogP contribution in [0.1, 0.15) is 12.5 Å². The lowest BCUT2D eigenvalue weighted by molar-refractivity contribution is -0.143. The van der Waals surface area contributed by atoms with Crippen molar-refractivity contribution >= 4 is 16.9 Å². The second-order valence-corrected chi connectivity index (χ2v) is 4.77. The van der Waals surface area contributed by atoms with E-state index < -0.39 is 0 Å². The van der Waals surface area contributed by atoms with Gasteiger partial charge in [-0.3, -0.25) is 4.79 Å². The summed E-state index contributed by atoms with van der Waals surface area (Å²) in [7, 11) is 1.69. The topological polar surface area (TPSA) is 52.5 Å². The molecular weight excluding hydrogens is 268 g/mol. The number of esters is 1. The number of hydrogen-bond donors (Lipinski definition) is 1. The summed E-state index contributed by atoms with van der Waals surface area (Å²) in [6.07, 6.45) is 2.02. The first-order chi connectivity index (χ1) is 10.3. The van der Waals surface area contributed by atoms with Gasteiger partial charge in [0, 0.05) is 37.3 Å². The molecule has 0 saturated carbocycles. The molecule has 0 spiro atoms. The van der Waals surface area contributed by atoms with E-state index in [9.17, 15) is 4.79 Å². The van der Waals surface area contributed by atoms with E-state index in [0.29, 0.717) is 13.2 Å². The number of carbonyl (C=O) groups excluding carboxylic acids is 1. The maximum Gasteiger partial charge on any atom is 0.325 e. The number of para-hydroxylation sites is 1. The molecule has 2 rings (SSSR count). The van der Waals surface area contributed by atoms with Gasteiger partial charge in [-0.05, 0) is 18.6 Å². The molecule has 0 atom stereocenters. The molecule has 5 heteroatoms. The van der Waals surface area contributed by atoms with Gasteiger partial charge in [-0.25, -0.2) is 0 Å². The molecule has 0 aliphatic heterocycles. The molecule has 0 aliphatic carbocycles. The van der Waals surface area contributed by atoms with Crippen molar-refractivity contribution in [3.63, 3.8) is 0 Å². The zero-order valence-corrected chi connectivity index (χ0v) is 12.6. The Hall–Kier alpha value is -1.85. The molecule has 0 radical (unpaired) electrons. The highest BCUT2D eigenvalue weighted by Gasteiger charge is 2.11. The summed E-state index contributed by atoms with van der Waals surface area (Å²) in [6.45, 7) is 4.70. The normalized spacial score (nSPS) is 11.0. The van der Waals surface area contributed by atoms with Crippen molar-refractivity contribution in [1.29, 1.82) is 0 Å². The third-order valence-electron chi connectivity index (χ3n) is 3.27. The summed E-state index contributed by atoms with van der Waals surface area (Å²) in [5.74, 6) is -0.211. The molecule has 0 saturated heterocycles. The minimum absolute atomic E-state index is 0.211. The first-order valence-corrected chi connectivity index (χ1v) is 7.18. The SMILES string of the molecule is CCOC(=O)Cn1cc(CNCCOC)c2ccccc21. The highest BCUT2D eigenvalue weighted by Crippen LogP contribution is 2.21. The quantitative estimate of drug-likeness (QED) is 0.596. The average Bonchev–Trinajstić information content (AvgIpc) is 2.82. The Morgan fingerprint density at radius 1 is 1.33 bits per heavy atom. The smallest absolute Gasteiger partial charge is 0.325 e. The average molecular weight is 290 g/mol. The number of carbonyl (C=O) groups is 1. The predicted octanol–water partition coefficient (Wildman–Crippen LogP) is 1.94. The number of aromatic nitrogens is 1. The Morgan fingerprint density at radius 3 is 2.90 bits per heavy atom. The van der Waals surface area contributed by atoms with E-state index in [1.54, 1.807) is 7.11 Å². The summed E-state index contributed by atoms with van der Waals surface area (Å²) in [5.41, 5.74) is 2.22. The highest BCUT2D eigenvalue weighted by atomic mass is 16.5. The van der Waals surface area contributed by atoms with Gasteiger partial charge in [0.25, 0.3) is 0 Å². The molecule has 1 heterocycles. The molecule has 0 unspecified atom stereocenters. The number of rotatable bonds is 8. The number of hydrogen-bond acceptors (Lipinski definition) is 4. The third kappa shape index (κ3) is 4.06. The molecule has 0 fully saturated rings. The van der Waals surface area contributed by atoms with Crippen molar-refractivity contribution in [3.05, 3.63) is 36.0 Å². The zero-order chi connectivity index (χ0) is 15.1. The van der Waals surface area contributed by atoms with Crippen LogP contribution in [0.5, 0.6) is 0 Å². The second-order valence-electron chi connectivity index (χ2n) is 4.77. The van der Waals surface area contributed by atoms with Crippen LogP contribution in [-0.4, -0.2) is 37.4 Å². The lowest BCUT2D eigenvalue weighted by Gasteiger charge is -2.04. The molecule has 1 aromatic heterocycles. The fraction of sp³-hybridized carbons (Fsp3) is 0.438. The Bertz CT molecular complexity index is 592. The fourth-order valence-electron chi connectivity index (χ4n) is 2.34. The van der Waals surface area contributed by atoms with E-state index in [0.717, 1.165) is 24.0 Å². The Labute approximate surface area is 124 Å². The van der Waals surface area contributed by atoms with E-state index in [1.807, 2.05) is 35.9 Å². The number of fused-ring (bicyclic) bond motifs is 1. The highest BCUT2D eigenvalue weighted by molar-refractivity contribution is 5.85. The molecule has 0 aliphatic rings. The van der Waals surface area contributed by atoms with Crippen LogP contribution in [0, 0.1) is 0 Å². The minimum atomic E-state index is -0.211. The zero-order valence-electron chi connectivity index (χ0n) is 12.6. The van der Waals surface area contributed by atoms with Crippen LogP contribution in [-0.2, 0) is 27.4 Å². The van der Waals surface area contributed by atoms with Crippen molar-refractivity contribution < 1.29 is 14.3 Å². The summed E-state index contributed by atoms with van der Waals surface area (Å²) >= 11 is 0. The molecule has 0 bridgehead atoms. The molecule has 0 amide bonds. The predicted molar refractivity (Wildman–Crippen MR) is 82.2 cm³/mol. The van der Waals surface area contributed by atoms with E-state index >= 15 is 0 Å². The lowest BCUT2D eigenvalue weighted by atomic mass is 10.2. The Morgan fingerprint density at radius 2 is 2.14 bits per heavy atom. The van der Waals surface area contributed by atoms with Crippen LogP contribution < -0.4 is 5.32 Å². The van der Waals surface area contributed by atoms with Crippen molar-refractivity contribution in [1.82, 2.24) is 9.88 Å². The molecule has 114 valence electrons. The fourth-order valence-corrected chi connectivity index (χ4v) is 2.34. The van der Waals surface area contributed by atoms with Gasteiger partial charge < -0.3 is 19.4 Å². The molecule has 2 aromatic rings. The molecule has 5 nitrogen and oxygen atoms in total. The minimum Gasteiger partial charge on any atom is -0.465 e. The summed E-state index contributed by atoms with van der Waals surface area (Å²) in [5, 5.41) is 4.49. The summed E-state index contributed by atoms with van der Waals surface area (Å²) < 4.78 is 12.0. The van der Waals surface area contributed by atoms with Gasteiger partial charge in [-0.15, -0.1) is 0 Å². The van der Waals surface area contributed by atoms with Gasteiger partial charge in [0.1, 0.15) is 6.54 Å². The van der Waals surface area contributed by atoms with Crippen LogP contribution in [0.3, 0.4) is 0 Å². The maximum atomic E-state index is 11.7. The monoisotopic (exact) mass is 290 g/mol. The Balaban J connectivity index is 2.16. The first-order valence-electron chi connectivity index (χ1n) is 7.18. The maximum absolute atomic E-state index is 11.7. The van der Waals surface area contributed by atoms with Crippen molar-refractivity contribution in [2.75, 3.05) is 26.9 Å². The van der Waals surface area contributed by atoms with Crippen LogP contribution in [0.2, 0.25) is 0 Å². The van der Waals surface area contributed by atoms with E-state index in [2.05, 4.69) is 11.4 Å². The summed E-state index contributed by atoms with van der Waals surface area (Å²) in [6, 6.07) is 8.08. The van der Waals surface area contributed by atoms with Gasteiger partial charge in [0.05, 0.1) is 13.2 Å². The first kappa shape index (κ1) is 15.5. The van der Waals surface area contributed by atoms with E-state index in [-0.39, 0.29) is 12.5 Å². The van der Waals surface area contributed by atoms with Gasteiger partial charge in [0.2, 0.25) is 0 Å². The number of ether oxygens (including phenoxy) is 2. The number of nitrogens with zero attached hydrogens (tertiary/aromatic N) is 1. The number of methoxy groups -OCH3 is 1. The molecule has 1 aromatic carbocycles. The van der Waals surface area contributed by atoms with Crippen LogP contribution in [0.4, 0.5) is 0 Å². The van der Waals surface area contributed by atoms with Gasteiger partial charge in [0.15, 0.2) is 0 Å². The van der Waals surface area contributed by atoms with E-state index in [4.69, 9.17) is 9.47 Å². The summed E-state index contributed by atoms with van der Waals surface area (Å²) in [4.78, 5) is 11.7. The van der Waals surface area contributed by atoms with Gasteiger partial charge >= 0.3 is 5.97 Å². The number of nitrogens with one attached hydrogen (secondary N) is 1. The molecule has 1 N–H and O–H groups in total. The van der Waals surface area contributed by atoms with E-state index in [1.165, 1.54) is 5.56 Å². The third-order valence-corrected chi connectivity index (χ3v) is 3.27. The molecule has 21 heavy (non-hydrogen) atoms. The number of benzene rings is 1. The van der Waals surface area contributed by atoms with Crippen molar-refractivity contribution in [2.45, 2.75) is 20.0 Å². The lowest BCUT2D eigenvalue weighted by Crippen LogP contribution is -2.18. The standard InChI is InChI=1S/C16H22N2O3/c1-3-21-16(19)12-18-11-13(10-17-8-9-20-2)14-6-4-5-7-15(14)18/h4-7,11,17H,3,8-10,12H2,1-2H3. The second kappa shape index (κ2) is 7.81. The van der Waals surface area contributed by atoms with Crippen molar-refractivity contribution in [3.8, 4) is 0 Å². The van der Waals surface area contributed by atoms with Crippen LogP contribution in [0.25, 0.3) is 10.9 Å². The van der Waals surface area contributed by atoms with Gasteiger partial charge in [-0.1, -0.05) is 18.2 Å². The van der Waals surface area contributed by atoms with Gasteiger partial charge in [-0.2, -0.15) is 0 Å². The van der Waals surface area contributed by atoms with Crippen LogP contribution >= 0.6 is 0 Å². The largest absolute Gasteiger partial charge is 0.465 e. The Kier molecular flexibility index (Phi) is 5.78. The van der Waals surface area contributed by atoms with Crippen molar-refractivity contribution in [2.24, 2.45) is 0 Å². The van der Waals surface area contributed by atoms with Crippen LogP contribution in [0.15, 0.2) is 30.5 Å². The molecular formula is C16H22N2O3.